The fourth-order valence-electron chi connectivity index (χ4n) is 0.835. The molecule has 2 atom stereocenters. The highest BCUT2D eigenvalue weighted by Gasteiger charge is 2.18. The van der Waals surface area contributed by atoms with Crippen LogP contribution in [0.25, 0.3) is 0 Å². The van der Waals surface area contributed by atoms with Crippen molar-refractivity contribution in [3.8, 4) is 0 Å². The van der Waals surface area contributed by atoms with E-state index in [1.807, 2.05) is 0 Å². The first-order valence-corrected chi connectivity index (χ1v) is 4.78. The van der Waals surface area contributed by atoms with Crippen molar-refractivity contribution in [2.24, 2.45) is 0 Å². The molecule has 0 saturated heterocycles. The molecule has 0 fully saturated rings. The van der Waals surface area contributed by atoms with Crippen LogP contribution in [-0.4, -0.2) is 31.6 Å². The monoisotopic (exact) mass is 247 g/mol. The summed E-state index contributed by atoms with van der Waals surface area (Å²) in [6, 6.07) is 1.51. The standard InChI is InChI=1S/C7H10BrN3O2/c8-3-5(12)6(13)4-1-2-10-7(9)11-4/h1-2,5-6,12-13H,3H2,(H2,9,10,11). The van der Waals surface area contributed by atoms with Crippen molar-refractivity contribution >= 4 is 21.9 Å². The minimum atomic E-state index is -1.04. The van der Waals surface area contributed by atoms with Crippen LogP contribution in [0.3, 0.4) is 0 Å². The molecule has 0 aliphatic rings. The number of aromatic nitrogens is 2. The Kier molecular flexibility index (Phi) is 3.58. The van der Waals surface area contributed by atoms with Crippen LogP contribution in [0.4, 0.5) is 5.95 Å². The molecule has 1 heterocycles. The molecule has 0 bridgehead atoms. The van der Waals surface area contributed by atoms with Gasteiger partial charge in [0, 0.05) is 11.5 Å². The van der Waals surface area contributed by atoms with E-state index in [1.165, 1.54) is 12.3 Å². The van der Waals surface area contributed by atoms with Gasteiger partial charge in [-0.2, -0.15) is 0 Å². The number of aliphatic hydroxyl groups is 2. The Labute approximate surface area is 83.8 Å². The molecule has 72 valence electrons. The maximum atomic E-state index is 9.49. The van der Waals surface area contributed by atoms with Gasteiger partial charge in [-0.3, -0.25) is 0 Å². The number of nitrogens with zero attached hydrogens (tertiary/aromatic N) is 2. The number of alkyl halides is 1. The lowest BCUT2D eigenvalue weighted by Gasteiger charge is -2.14. The highest BCUT2D eigenvalue weighted by atomic mass is 79.9. The van der Waals surface area contributed by atoms with E-state index >= 15 is 0 Å². The molecule has 0 aliphatic heterocycles. The number of hydrogen-bond donors (Lipinski definition) is 3. The van der Waals surface area contributed by atoms with Crippen molar-refractivity contribution < 1.29 is 10.2 Å². The first-order valence-electron chi connectivity index (χ1n) is 3.65. The first kappa shape index (κ1) is 10.4. The SMILES string of the molecule is Nc1nccc(C(O)C(O)CBr)n1. The van der Waals surface area contributed by atoms with Crippen LogP contribution < -0.4 is 5.73 Å². The number of rotatable bonds is 3. The van der Waals surface area contributed by atoms with Crippen molar-refractivity contribution in [1.29, 1.82) is 0 Å². The molecule has 0 aliphatic carbocycles. The Bertz CT molecular complexity index is 284. The van der Waals surface area contributed by atoms with E-state index < -0.39 is 12.2 Å². The van der Waals surface area contributed by atoms with Gasteiger partial charge in [-0.25, -0.2) is 9.97 Å². The molecule has 6 heteroatoms. The van der Waals surface area contributed by atoms with Gasteiger partial charge < -0.3 is 15.9 Å². The maximum Gasteiger partial charge on any atom is 0.220 e. The van der Waals surface area contributed by atoms with Gasteiger partial charge in [-0.15, -0.1) is 0 Å². The number of halogens is 1. The zero-order valence-corrected chi connectivity index (χ0v) is 8.35. The van der Waals surface area contributed by atoms with Crippen molar-refractivity contribution in [2.75, 3.05) is 11.1 Å². The summed E-state index contributed by atoms with van der Waals surface area (Å²) in [5.74, 6) is 0.0818. The van der Waals surface area contributed by atoms with Crippen molar-refractivity contribution in [3.63, 3.8) is 0 Å². The van der Waals surface area contributed by atoms with E-state index in [0.29, 0.717) is 5.69 Å². The minimum Gasteiger partial charge on any atom is -0.389 e. The first-order chi connectivity index (χ1) is 6.15. The summed E-state index contributed by atoms with van der Waals surface area (Å²) in [6.45, 7) is 0. The fraction of sp³-hybridized carbons (Fsp3) is 0.429. The van der Waals surface area contributed by atoms with Gasteiger partial charge in [0.25, 0.3) is 0 Å². The van der Waals surface area contributed by atoms with Crippen molar-refractivity contribution in [1.82, 2.24) is 9.97 Å². The third kappa shape index (κ3) is 2.61. The van der Waals surface area contributed by atoms with Crippen LogP contribution in [0.5, 0.6) is 0 Å². The van der Waals surface area contributed by atoms with Crippen LogP contribution in [0.1, 0.15) is 11.8 Å². The van der Waals surface area contributed by atoms with E-state index in [4.69, 9.17) is 5.73 Å². The zero-order chi connectivity index (χ0) is 9.84. The average molecular weight is 248 g/mol. The lowest BCUT2D eigenvalue weighted by Crippen LogP contribution is -2.20. The number of nitrogens with two attached hydrogens (primary N) is 1. The summed E-state index contributed by atoms with van der Waals surface area (Å²) in [5, 5.41) is 19.0. The fourth-order valence-corrected chi connectivity index (χ4v) is 1.19. The van der Waals surface area contributed by atoms with Crippen LogP contribution in [0, 0.1) is 0 Å². The Hall–Kier alpha value is -0.720. The van der Waals surface area contributed by atoms with Gasteiger partial charge in [0.1, 0.15) is 6.10 Å². The molecule has 0 saturated carbocycles. The number of hydrogen-bond acceptors (Lipinski definition) is 5. The summed E-state index contributed by atoms with van der Waals surface area (Å²) in [4.78, 5) is 7.45. The molecule has 5 nitrogen and oxygen atoms in total. The minimum absolute atomic E-state index is 0.0818. The van der Waals surface area contributed by atoms with Gasteiger partial charge in [0.15, 0.2) is 0 Å². The highest BCUT2D eigenvalue weighted by molar-refractivity contribution is 9.09. The molecule has 0 aromatic carbocycles. The number of aliphatic hydroxyl groups excluding tert-OH is 2. The second-order valence-electron chi connectivity index (χ2n) is 2.51. The Balaban J connectivity index is 2.82. The third-order valence-corrected chi connectivity index (χ3v) is 2.18. The van der Waals surface area contributed by atoms with Crippen molar-refractivity contribution in [2.45, 2.75) is 12.2 Å². The quantitative estimate of drug-likeness (QED) is 0.647. The molecular weight excluding hydrogens is 238 g/mol. The summed E-state index contributed by atoms with van der Waals surface area (Å²) >= 11 is 3.05. The Morgan fingerprint density at radius 3 is 2.77 bits per heavy atom. The van der Waals surface area contributed by atoms with Gasteiger partial charge in [0.05, 0.1) is 11.8 Å². The predicted octanol–water partition coefficient (Wildman–Crippen LogP) is -0.152. The summed E-state index contributed by atoms with van der Waals surface area (Å²) in [6.07, 6.45) is -0.499. The molecule has 0 radical (unpaired) electrons. The molecule has 1 aromatic heterocycles. The number of nitrogen functional groups attached to an aromatic ring is 1. The summed E-state index contributed by atoms with van der Waals surface area (Å²) in [5.41, 5.74) is 5.63. The molecule has 1 aromatic rings. The van der Waals surface area contributed by atoms with Crippen molar-refractivity contribution in [3.05, 3.63) is 18.0 Å². The van der Waals surface area contributed by atoms with Gasteiger partial charge in [-0.05, 0) is 6.07 Å². The molecule has 2 unspecified atom stereocenters. The summed E-state index contributed by atoms with van der Waals surface area (Å²) < 4.78 is 0. The predicted molar refractivity (Wildman–Crippen MR) is 51.2 cm³/mol. The zero-order valence-electron chi connectivity index (χ0n) is 6.76. The van der Waals surface area contributed by atoms with E-state index in [2.05, 4.69) is 25.9 Å². The number of anilines is 1. The third-order valence-electron chi connectivity index (χ3n) is 1.52. The maximum absolute atomic E-state index is 9.49. The molecule has 4 N–H and O–H groups in total. The van der Waals surface area contributed by atoms with E-state index in [0.717, 1.165) is 0 Å². The van der Waals surface area contributed by atoms with Crippen LogP contribution in [-0.2, 0) is 0 Å². The van der Waals surface area contributed by atoms with E-state index in [9.17, 15) is 10.2 Å². The normalized spacial score (nSPS) is 15.3. The largest absolute Gasteiger partial charge is 0.389 e. The average Bonchev–Trinajstić information content (AvgIpc) is 2.15. The Morgan fingerprint density at radius 1 is 1.54 bits per heavy atom. The van der Waals surface area contributed by atoms with Gasteiger partial charge in [-0.1, -0.05) is 15.9 Å². The van der Waals surface area contributed by atoms with Gasteiger partial charge >= 0.3 is 0 Å². The molecule has 1 rings (SSSR count). The van der Waals surface area contributed by atoms with Crippen LogP contribution in [0.15, 0.2) is 12.3 Å². The summed E-state index contributed by atoms with van der Waals surface area (Å²) in [7, 11) is 0. The Morgan fingerprint density at radius 2 is 2.23 bits per heavy atom. The van der Waals surface area contributed by atoms with Crippen LogP contribution in [0.2, 0.25) is 0 Å². The molecule has 0 spiro atoms. The van der Waals surface area contributed by atoms with Crippen LogP contribution >= 0.6 is 15.9 Å². The topological polar surface area (TPSA) is 92.3 Å². The second kappa shape index (κ2) is 4.50. The highest BCUT2D eigenvalue weighted by Crippen LogP contribution is 2.15. The molecular formula is C7H10BrN3O2. The van der Waals surface area contributed by atoms with E-state index in [-0.39, 0.29) is 11.3 Å². The molecule has 0 amide bonds. The molecule has 13 heavy (non-hydrogen) atoms. The lowest BCUT2D eigenvalue weighted by atomic mass is 10.1. The van der Waals surface area contributed by atoms with E-state index in [1.54, 1.807) is 0 Å². The lowest BCUT2D eigenvalue weighted by molar-refractivity contribution is 0.0315. The van der Waals surface area contributed by atoms with Gasteiger partial charge in [0.2, 0.25) is 5.95 Å². The second-order valence-corrected chi connectivity index (χ2v) is 3.15. The smallest absolute Gasteiger partial charge is 0.220 e.